The predicted octanol–water partition coefficient (Wildman–Crippen LogP) is 2.80. The largest absolute Gasteiger partial charge is 0.512 e. The van der Waals surface area contributed by atoms with Crippen molar-refractivity contribution in [1.82, 2.24) is 9.88 Å². The van der Waals surface area contributed by atoms with Crippen LogP contribution in [-0.4, -0.2) is 20.9 Å². The fourth-order valence-electron chi connectivity index (χ4n) is 1.79. The van der Waals surface area contributed by atoms with Crippen LogP contribution in [0.3, 0.4) is 0 Å². The van der Waals surface area contributed by atoms with Crippen molar-refractivity contribution >= 4 is 11.5 Å². The number of aliphatic hydroxyl groups is 1. The normalized spacial score (nSPS) is 15.4. The molecule has 0 aliphatic carbocycles. The van der Waals surface area contributed by atoms with Gasteiger partial charge in [0.15, 0.2) is 0 Å². The van der Waals surface area contributed by atoms with Crippen LogP contribution in [0.4, 0.5) is 0 Å². The minimum Gasteiger partial charge on any atom is -0.512 e. The van der Waals surface area contributed by atoms with Crippen molar-refractivity contribution in [2.24, 2.45) is 0 Å². The standard InChI is InChI=1S/C15H14N2O2/c1-11-6-3-4-9-17(11)15(19)14(12(2)18)13-7-5-8-16-10-13/h3-10,18H,1H2,2H3/b14-12+. The number of carbonyl (C=O) groups excluding carboxylic acids is 1. The molecular weight excluding hydrogens is 240 g/mol. The Morgan fingerprint density at radius 1 is 1.42 bits per heavy atom. The molecule has 1 N–H and O–H groups in total. The lowest BCUT2D eigenvalue weighted by atomic mass is 10.0. The van der Waals surface area contributed by atoms with Gasteiger partial charge in [-0.15, -0.1) is 0 Å². The Morgan fingerprint density at radius 2 is 2.21 bits per heavy atom. The maximum Gasteiger partial charge on any atom is 0.266 e. The van der Waals surface area contributed by atoms with Crippen molar-refractivity contribution in [1.29, 1.82) is 0 Å². The summed E-state index contributed by atoms with van der Waals surface area (Å²) in [5.41, 5.74) is 1.34. The quantitative estimate of drug-likeness (QED) is 0.652. The molecule has 1 aliphatic rings. The molecule has 0 fully saturated rings. The second kappa shape index (κ2) is 5.35. The maximum atomic E-state index is 12.5. The van der Waals surface area contributed by atoms with Crippen LogP contribution in [0.15, 0.2) is 67.0 Å². The Bertz CT molecular complexity index is 594. The highest BCUT2D eigenvalue weighted by molar-refractivity contribution is 6.20. The van der Waals surface area contributed by atoms with Crippen LogP contribution >= 0.6 is 0 Å². The third-order valence-electron chi connectivity index (χ3n) is 2.69. The minimum atomic E-state index is -0.335. The summed E-state index contributed by atoms with van der Waals surface area (Å²) in [5.74, 6) is -0.382. The summed E-state index contributed by atoms with van der Waals surface area (Å²) in [5, 5.41) is 9.79. The van der Waals surface area contributed by atoms with Gasteiger partial charge in [0.1, 0.15) is 5.76 Å². The fraction of sp³-hybridized carbons (Fsp3) is 0.0667. The second-order valence-corrected chi connectivity index (χ2v) is 4.07. The third kappa shape index (κ3) is 2.63. The van der Waals surface area contributed by atoms with Gasteiger partial charge in [0.2, 0.25) is 0 Å². The number of pyridine rings is 1. The first kappa shape index (κ1) is 12.8. The van der Waals surface area contributed by atoms with Gasteiger partial charge in [-0.1, -0.05) is 18.7 Å². The van der Waals surface area contributed by atoms with Gasteiger partial charge in [-0.05, 0) is 25.1 Å². The third-order valence-corrected chi connectivity index (χ3v) is 2.69. The van der Waals surface area contributed by atoms with Crippen molar-refractivity contribution < 1.29 is 9.90 Å². The molecule has 4 nitrogen and oxygen atoms in total. The van der Waals surface area contributed by atoms with E-state index in [4.69, 9.17) is 0 Å². The summed E-state index contributed by atoms with van der Waals surface area (Å²) in [4.78, 5) is 17.8. The van der Waals surface area contributed by atoms with Gasteiger partial charge in [0.25, 0.3) is 5.91 Å². The molecule has 19 heavy (non-hydrogen) atoms. The van der Waals surface area contributed by atoms with Gasteiger partial charge >= 0.3 is 0 Å². The van der Waals surface area contributed by atoms with E-state index in [2.05, 4.69) is 11.6 Å². The van der Waals surface area contributed by atoms with Gasteiger partial charge in [-0.2, -0.15) is 0 Å². The lowest BCUT2D eigenvalue weighted by molar-refractivity contribution is -0.121. The summed E-state index contributed by atoms with van der Waals surface area (Å²) in [6.45, 7) is 5.28. The highest BCUT2D eigenvalue weighted by Gasteiger charge is 2.22. The van der Waals surface area contributed by atoms with Crippen molar-refractivity contribution in [2.75, 3.05) is 0 Å². The lowest BCUT2D eigenvalue weighted by Gasteiger charge is -2.22. The molecule has 1 aliphatic heterocycles. The van der Waals surface area contributed by atoms with E-state index >= 15 is 0 Å². The van der Waals surface area contributed by atoms with Crippen LogP contribution in [0, 0.1) is 0 Å². The van der Waals surface area contributed by atoms with Crippen molar-refractivity contribution in [3.05, 3.63) is 72.6 Å². The Morgan fingerprint density at radius 3 is 2.79 bits per heavy atom. The number of amides is 1. The highest BCUT2D eigenvalue weighted by atomic mass is 16.3. The summed E-state index contributed by atoms with van der Waals surface area (Å²) in [7, 11) is 0. The molecule has 0 radical (unpaired) electrons. The van der Waals surface area contributed by atoms with Crippen LogP contribution in [-0.2, 0) is 4.79 Å². The monoisotopic (exact) mass is 254 g/mol. The molecule has 96 valence electrons. The second-order valence-electron chi connectivity index (χ2n) is 4.07. The zero-order valence-electron chi connectivity index (χ0n) is 10.6. The Balaban J connectivity index is 2.40. The number of aliphatic hydroxyl groups excluding tert-OH is 1. The number of nitrogens with zero attached hydrogens (tertiary/aromatic N) is 2. The highest BCUT2D eigenvalue weighted by Crippen LogP contribution is 2.23. The molecule has 4 heteroatoms. The van der Waals surface area contributed by atoms with Crippen LogP contribution in [0.1, 0.15) is 12.5 Å². The van der Waals surface area contributed by atoms with E-state index in [1.165, 1.54) is 11.8 Å². The molecule has 1 aromatic heterocycles. The number of aromatic nitrogens is 1. The predicted molar refractivity (Wildman–Crippen MR) is 73.7 cm³/mol. The molecule has 0 unspecified atom stereocenters. The number of hydrogen-bond donors (Lipinski definition) is 1. The van der Waals surface area contributed by atoms with Crippen LogP contribution in [0.25, 0.3) is 5.57 Å². The van der Waals surface area contributed by atoms with E-state index in [0.717, 1.165) is 0 Å². The molecular formula is C15H14N2O2. The van der Waals surface area contributed by atoms with E-state index in [9.17, 15) is 9.90 Å². The number of carbonyl (C=O) groups is 1. The molecule has 2 heterocycles. The van der Waals surface area contributed by atoms with E-state index in [1.54, 1.807) is 49.0 Å². The van der Waals surface area contributed by atoms with Gasteiger partial charge < -0.3 is 5.11 Å². The van der Waals surface area contributed by atoms with E-state index in [1.807, 2.05) is 0 Å². The van der Waals surface area contributed by atoms with Gasteiger partial charge in [-0.25, -0.2) is 0 Å². The maximum absolute atomic E-state index is 12.5. The first-order valence-corrected chi connectivity index (χ1v) is 5.79. The van der Waals surface area contributed by atoms with Gasteiger partial charge in [-0.3, -0.25) is 14.7 Å². The molecule has 0 saturated carbocycles. The SMILES string of the molecule is C=C1C=CC=CN1C(=O)/C(=C(\C)O)c1cccnc1. The average Bonchev–Trinajstić information content (AvgIpc) is 2.40. The summed E-state index contributed by atoms with van der Waals surface area (Å²) < 4.78 is 0. The molecule has 0 bridgehead atoms. The fourth-order valence-corrected chi connectivity index (χ4v) is 1.79. The Labute approximate surface area is 111 Å². The van der Waals surface area contributed by atoms with Crippen molar-refractivity contribution in [3.8, 4) is 0 Å². The van der Waals surface area contributed by atoms with E-state index in [0.29, 0.717) is 11.3 Å². The Hall–Kier alpha value is -2.62. The van der Waals surface area contributed by atoms with Gasteiger partial charge in [0.05, 0.1) is 5.57 Å². The Kier molecular flexibility index (Phi) is 3.61. The average molecular weight is 254 g/mol. The molecule has 0 aromatic carbocycles. The van der Waals surface area contributed by atoms with Crippen molar-refractivity contribution in [2.45, 2.75) is 6.92 Å². The molecule has 1 aromatic rings. The smallest absolute Gasteiger partial charge is 0.266 e. The first-order valence-electron chi connectivity index (χ1n) is 5.79. The molecule has 0 spiro atoms. The van der Waals surface area contributed by atoms with Crippen molar-refractivity contribution in [3.63, 3.8) is 0 Å². The lowest BCUT2D eigenvalue weighted by Crippen LogP contribution is -2.26. The van der Waals surface area contributed by atoms with E-state index < -0.39 is 0 Å². The number of allylic oxidation sites excluding steroid dienone is 4. The van der Waals surface area contributed by atoms with Crippen LogP contribution < -0.4 is 0 Å². The van der Waals surface area contributed by atoms with E-state index in [-0.39, 0.29) is 17.2 Å². The molecule has 0 atom stereocenters. The first-order chi connectivity index (χ1) is 9.11. The van der Waals surface area contributed by atoms with Crippen LogP contribution in [0.2, 0.25) is 0 Å². The number of hydrogen-bond acceptors (Lipinski definition) is 3. The summed E-state index contributed by atoms with van der Waals surface area (Å²) in [6, 6.07) is 3.44. The molecule has 2 rings (SSSR count). The van der Waals surface area contributed by atoms with Gasteiger partial charge in [0, 0.05) is 29.9 Å². The zero-order chi connectivity index (χ0) is 13.8. The summed E-state index contributed by atoms with van der Waals surface area (Å²) >= 11 is 0. The summed E-state index contributed by atoms with van der Waals surface area (Å²) in [6.07, 6.45) is 10.0. The minimum absolute atomic E-state index is 0.0475. The molecule has 1 amide bonds. The topological polar surface area (TPSA) is 53.4 Å². The zero-order valence-corrected chi connectivity index (χ0v) is 10.6. The van der Waals surface area contributed by atoms with Crippen LogP contribution in [0.5, 0.6) is 0 Å². The molecule has 0 saturated heterocycles. The number of rotatable bonds is 2.